The van der Waals surface area contributed by atoms with Crippen LogP contribution in [0.15, 0.2) is 65.7 Å². The second-order valence-corrected chi connectivity index (χ2v) is 12.3. The molecule has 2 aromatic carbocycles. The molecule has 9 heteroatoms. The van der Waals surface area contributed by atoms with Gasteiger partial charge in [-0.25, -0.2) is 8.42 Å². The molecular weight excluding hydrogens is 512 g/mol. The second kappa shape index (κ2) is 12.4. The molecule has 1 amide bonds. The molecule has 39 heavy (non-hydrogen) atoms. The summed E-state index contributed by atoms with van der Waals surface area (Å²) in [6.45, 7) is 5.72. The van der Waals surface area contributed by atoms with Crippen LogP contribution in [0.25, 0.3) is 10.9 Å². The molecule has 5 rings (SSSR count). The van der Waals surface area contributed by atoms with Gasteiger partial charge in [0.2, 0.25) is 0 Å². The SMILES string of the molecule is C[C@H](OCCC1CCCCC1)N1CCN(C(=O)c2ccc(NS(=O)(=O)c3cccc4cccnc34)cc2)CC1. The highest BCUT2D eigenvalue weighted by atomic mass is 32.2. The molecule has 1 aliphatic carbocycles. The zero-order valence-electron chi connectivity index (χ0n) is 22.6. The topological polar surface area (TPSA) is 91.8 Å². The molecular formula is C30H38N4O4S. The maximum absolute atomic E-state index is 13.1. The smallest absolute Gasteiger partial charge is 0.264 e. The first-order valence-corrected chi connectivity index (χ1v) is 15.5. The fraction of sp³-hybridized carbons (Fsp3) is 0.467. The minimum absolute atomic E-state index is 0.0480. The lowest BCUT2D eigenvalue weighted by Gasteiger charge is -2.38. The molecule has 0 unspecified atom stereocenters. The van der Waals surface area contributed by atoms with E-state index in [9.17, 15) is 13.2 Å². The number of nitrogens with one attached hydrogen (secondary N) is 1. The third-order valence-electron chi connectivity index (χ3n) is 7.99. The average molecular weight is 551 g/mol. The fourth-order valence-electron chi connectivity index (χ4n) is 5.64. The quantitative estimate of drug-likeness (QED) is 0.397. The second-order valence-electron chi connectivity index (χ2n) is 10.6. The number of sulfonamides is 1. The summed E-state index contributed by atoms with van der Waals surface area (Å²) < 4.78 is 34.9. The summed E-state index contributed by atoms with van der Waals surface area (Å²) in [4.78, 5) is 21.6. The standard InChI is InChI=1S/C30H38N4O4S/c1-23(38-22-16-24-7-3-2-4-8-24)33-18-20-34(21-19-33)30(35)26-12-14-27(15-13-26)32-39(36,37)28-11-5-9-25-10-6-17-31-29(25)28/h5-6,9-15,17,23-24,32H,2-4,7-8,16,18-22H2,1H3/t23-/m0/s1. The van der Waals surface area contributed by atoms with E-state index < -0.39 is 10.0 Å². The Morgan fingerprint density at radius 2 is 1.72 bits per heavy atom. The van der Waals surface area contributed by atoms with Gasteiger partial charge in [-0.2, -0.15) is 0 Å². The number of para-hydroxylation sites is 1. The van der Waals surface area contributed by atoms with Gasteiger partial charge < -0.3 is 9.64 Å². The van der Waals surface area contributed by atoms with Crippen molar-refractivity contribution in [3.63, 3.8) is 0 Å². The van der Waals surface area contributed by atoms with Crippen LogP contribution in [0.2, 0.25) is 0 Å². The Balaban J connectivity index is 1.12. The van der Waals surface area contributed by atoms with Crippen LogP contribution in [0.4, 0.5) is 5.69 Å². The maximum atomic E-state index is 13.1. The molecule has 1 atom stereocenters. The lowest BCUT2D eigenvalue weighted by molar-refractivity contribution is -0.0661. The number of ether oxygens (including phenoxy) is 1. The van der Waals surface area contributed by atoms with Crippen LogP contribution in [0.3, 0.4) is 0 Å². The summed E-state index contributed by atoms with van der Waals surface area (Å²) in [5.41, 5.74) is 1.35. The highest BCUT2D eigenvalue weighted by Gasteiger charge is 2.26. The largest absolute Gasteiger partial charge is 0.363 e. The number of hydrogen-bond acceptors (Lipinski definition) is 6. The van der Waals surface area contributed by atoms with Gasteiger partial charge in [-0.1, -0.05) is 50.3 Å². The van der Waals surface area contributed by atoms with Crippen molar-refractivity contribution in [3.05, 3.63) is 66.4 Å². The molecule has 0 spiro atoms. The number of benzene rings is 2. The van der Waals surface area contributed by atoms with Gasteiger partial charge >= 0.3 is 0 Å². The zero-order chi connectivity index (χ0) is 27.2. The van der Waals surface area contributed by atoms with Gasteiger partial charge in [0.05, 0.1) is 5.52 Å². The van der Waals surface area contributed by atoms with Crippen molar-refractivity contribution in [3.8, 4) is 0 Å². The van der Waals surface area contributed by atoms with Crippen LogP contribution < -0.4 is 4.72 Å². The van der Waals surface area contributed by atoms with Gasteiger partial charge in [0.1, 0.15) is 11.1 Å². The molecule has 2 fully saturated rings. The molecule has 1 N–H and O–H groups in total. The van der Waals surface area contributed by atoms with Crippen molar-refractivity contribution in [1.82, 2.24) is 14.8 Å². The lowest BCUT2D eigenvalue weighted by Crippen LogP contribution is -2.52. The number of amides is 1. The first-order valence-electron chi connectivity index (χ1n) is 14.0. The van der Waals surface area contributed by atoms with Gasteiger partial charge in [-0.05, 0) is 55.7 Å². The number of nitrogens with zero attached hydrogens (tertiary/aromatic N) is 3. The summed E-state index contributed by atoms with van der Waals surface area (Å²) >= 11 is 0. The number of carbonyl (C=O) groups excluding carboxylic acids is 1. The summed E-state index contributed by atoms with van der Waals surface area (Å²) in [6, 6.07) is 15.3. The Bertz CT molecular complexity index is 1360. The van der Waals surface area contributed by atoms with Crippen molar-refractivity contribution in [1.29, 1.82) is 0 Å². The Labute approximate surface area is 231 Å². The van der Waals surface area contributed by atoms with E-state index >= 15 is 0 Å². The molecule has 3 aromatic rings. The molecule has 2 aliphatic rings. The molecule has 8 nitrogen and oxygen atoms in total. The number of aromatic nitrogens is 1. The highest BCUT2D eigenvalue weighted by Crippen LogP contribution is 2.27. The molecule has 208 valence electrons. The van der Waals surface area contributed by atoms with Crippen LogP contribution in [0.1, 0.15) is 55.8 Å². The van der Waals surface area contributed by atoms with Crippen molar-refractivity contribution >= 4 is 32.5 Å². The van der Waals surface area contributed by atoms with E-state index in [-0.39, 0.29) is 17.0 Å². The van der Waals surface area contributed by atoms with Gasteiger partial charge in [0, 0.05) is 55.6 Å². The number of pyridine rings is 1. The zero-order valence-corrected chi connectivity index (χ0v) is 23.4. The maximum Gasteiger partial charge on any atom is 0.264 e. The van der Waals surface area contributed by atoms with Crippen molar-refractivity contribution in [2.45, 2.75) is 56.6 Å². The Hall–Kier alpha value is -3.01. The van der Waals surface area contributed by atoms with Crippen molar-refractivity contribution < 1.29 is 17.9 Å². The van der Waals surface area contributed by atoms with Gasteiger partial charge in [-0.15, -0.1) is 0 Å². The number of hydrogen-bond donors (Lipinski definition) is 1. The van der Waals surface area contributed by atoms with Gasteiger partial charge in [0.15, 0.2) is 0 Å². The van der Waals surface area contributed by atoms with E-state index in [2.05, 4.69) is 21.5 Å². The first-order chi connectivity index (χ1) is 18.9. The molecule has 0 radical (unpaired) electrons. The van der Waals surface area contributed by atoms with Crippen molar-refractivity contribution in [2.24, 2.45) is 5.92 Å². The predicted octanol–water partition coefficient (Wildman–Crippen LogP) is 5.13. The lowest BCUT2D eigenvalue weighted by atomic mass is 9.87. The van der Waals surface area contributed by atoms with Gasteiger partial charge in [0.25, 0.3) is 15.9 Å². The van der Waals surface area contributed by atoms with Crippen LogP contribution in [0, 0.1) is 5.92 Å². The Morgan fingerprint density at radius 3 is 2.46 bits per heavy atom. The minimum Gasteiger partial charge on any atom is -0.363 e. The van der Waals surface area contributed by atoms with E-state index in [0.717, 1.165) is 37.4 Å². The highest BCUT2D eigenvalue weighted by molar-refractivity contribution is 7.93. The third kappa shape index (κ3) is 6.77. The molecule has 2 heterocycles. The third-order valence-corrected chi connectivity index (χ3v) is 9.41. The van der Waals surface area contributed by atoms with Crippen LogP contribution in [0.5, 0.6) is 0 Å². The molecule has 1 aromatic heterocycles. The van der Waals surface area contributed by atoms with Crippen molar-refractivity contribution in [2.75, 3.05) is 37.5 Å². The van der Waals surface area contributed by atoms with E-state index in [4.69, 9.17) is 4.74 Å². The summed E-state index contributed by atoms with van der Waals surface area (Å²) in [7, 11) is -3.85. The average Bonchev–Trinajstić information content (AvgIpc) is 2.97. The Kier molecular flexibility index (Phi) is 8.79. The van der Waals surface area contributed by atoms with E-state index in [1.807, 2.05) is 17.0 Å². The van der Waals surface area contributed by atoms with E-state index in [1.165, 1.54) is 38.2 Å². The summed E-state index contributed by atoms with van der Waals surface area (Å²) in [6.07, 6.45) is 9.55. The van der Waals surface area contributed by atoms with Crippen LogP contribution in [-0.2, 0) is 14.8 Å². The molecule has 0 bridgehead atoms. The van der Waals surface area contributed by atoms with Crippen LogP contribution >= 0.6 is 0 Å². The van der Waals surface area contributed by atoms with Crippen LogP contribution in [-0.4, -0.2) is 68.1 Å². The fourth-order valence-corrected chi connectivity index (χ4v) is 6.88. The number of piperazine rings is 1. The molecule has 1 saturated heterocycles. The van der Waals surface area contributed by atoms with E-state index in [1.54, 1.807) is 42.6 Å². The number of anilines is 1. The number of carbonyl (C=O) groups is 1. The Morgan fingerprint density at radius 1 is 1.00 bits per heavy atom. The summed E-state index contributed by atoms with van der Waals surface area (Å²) in [5, 5.41) is 0.752. The number of rotatable bonds is 9. The van der Waals surface area contributed by atoms with Gasteiger partial charge in [-0.3, -0.25) is 19.4 Å². The number of fused-ring (bicyclic) bond motifs is 1. The summed E-state index contributed by atoms with van der Waals surface area (Å²) in [5.74, 6) is 0.769. The monoisotopic (exact) mass is 550 g/mol. The minimum atomic E-state index is -3.85. The van der Waals surface area contributed by atoms with E-state index in [0.29, 0.717) is 29.9 Å². The predicted molar refractivity (Wildman–Crippen MR) is 153 cm³/mol. The first kappa shape index (κ1) is 27.6. The molecule has 1 saturated carbocycles. The molecule has 1 aliphatic heterocycles. The normalized spacial score (nSPS) is 18.2.